The molecule has 2 heterocycles. The van der Waals surface area contributed by atoms with Crippen molar-refractivity contribution in [1.82, 2.24) is 14.1 Å². The smallest absolute Gasteiger partial charge is 0.190 e. The van der Waals surface area contributed by atoms with Crippen molar-refractivity contribution in [2.75, 3.05) is 0 Å². The minimum Gasteiger partial charge on any atom is -0.337 e. The molecule has 148 valence electrons. The van der Waals surface area contributed by atoms with E-state index in [-0.39, 0.29) is 10.8 Å². The zero-order chi connectivity index (χ0) is 20.2. The first-order valence-electron chi connectivity index (χ1n) is 9.00. The largest absolute Gasteiger partial charge is 0.337 e. The molecule has 29 heavy (non-hydrogen) atoms. The molecule has 0 aliphatic carbocycles. The van der Waals surface area contributed by atoms with Crippen molar-refractivity contribution in [2.24, 2.45) is 4.99 Å². The molecule has 4 aromatic rings. The summed E-state index contributed by atoms with van der Waals surface area (Å²) in [7, 11) is 0. The first kappa shape index (κ1) is 19.5. The standard InChI is InChI=1S/C21H17ClF2N4S/c22-18-7-6-17(12-19(18)24)26-21-28(10-1-9-27-11-8-25-14-27)20(13-29-21)15-2-4-16(23)5-3-15/h2-8,11-14H,1,9-10H2. The Labute approximate surface area is 175 Å². The average molecular weight is 431 g/mol. The van der Waals surface area contributed by atoms with Crippen LogP contribution in [-0.4, -0.2) is 14.1 Å². The van der Waals surface area contributed by atoms with Gasteiger partial charge in [0.2, 0.25) is 0 Å². The lowest BCUT2D eigenvalue weighted by atomic mass is 10.1. The molecule has 0 bridgehead atoms. The summed E-state index contributed by atoms with van der Waals surface area (Å²) in [4.78, 5) is 9.40. The summed E-state index contributed by atoms with van der Waals surface area (Å²) in [6, 6.07) is 10.9. The molecule has 0 atom stereocenters. The van der Waals surface area contributed by atoms with Gasteiger partial charge in [-0.25, -0.2) is 18.8 Å². The van der Waals surface area contributed by atoms with Gasteiger partial charge in [-0.05, 0) is 48.4 Å². The van der Waals surface area contributed by atoms with E-state index < -0.39 is 5.82 Å². The van der Waals surface area contributed by atoms with E-state index in [1.54, 1.807) is 30.7 Å². The highest BCUT2D eigenvalue weighted by atomic mass is 35.5. The maximum absolute atomic E-state index is 13.8. The summed E-state index contributed by atoms with van der Waals surface area (Å²) in [5, 5.41) is 2.05. The van der Waals surface area contributed by atoms with Gasteiger partial charge in [-0.15, -0.1) is 11.3 Å². The van der Waals surface area contributed by atoms with Gasteiger partial charge in [-0.2, -0.15) is 0 Å². The third-order valence-corrected chi connectivity index (χ3v) is 5.59. The molecular weight excluding hydrogens is 414 g/mol. The van der Waals surface area contributed by atoms with Gasteiger partial charge >= 0.3 is 0 Å². The first-order chi connectivity index (χ1) is 14.1. The molecule has 0 aliphatic rings. The topological polar surface area (TPSA) is 35.1 Å². The van der Waals surface area contributed by atoms with E-state index in [9.17, 15) is 8.78 Å². The summed E-state index contributed by atoms with van der Waals surface area (Å²) in [5.74, 6) is -0.785. The minimum atomic E-state index is -0.505. The monoisotopic (exact) mass is 430 g/mol. The van der Waals surface area contributed by atoms with Gasteiger partial charge in [-0.3, -0.25) is 0 Å². The van der Waals surface area contributed by atoms with Gasteiger partial charge in [0.25, 0.3) is 0 Å². The van der Waals surface area contributed by atoms with Gasteiger partial charge in [-0.1, -0.05) is 11.6 Å². The number of aryl methyl sites for hydroxylation is 1. The highest BCUT2D eigenvalue weighted by molar-refractivity contribution is 7.07. The summed E-state index contributed by atoms with van der Waals surface area (Å²) < 4.78 is 31.2. The van der Waals surface area contributed by atoms with Crippen LogP contribution in [-0.2, 0) is 13.1 Å². The summed E-state index contributed by atoms with van der Waals surface area (Å²) >= 11 is 7.23. The number of rotatable bonds is 6. The molecular formula is C21H17ClF2N4S. The van der Waals surface area contributed by atoms with Crippen molar-refractivity contribution < 1.29 is 8.78 Å². The molecule has 0 saturated heterocycles. The molecule has 4 nitrogen and oxygen atoms in total. The first-order valence-corrected chi connectivity index (χ1v) is 10.3. The number of imidazole rings is 1. The van der Waals surface area contributed by atoms with Crippen molar-refractivity contribution in [1.29, 1.82) is 0 Å². The fourth-order valence-corrected chi connectivity index (χ4v) is 4.05. The van der Waals surface area contributed by atoms with Gasteiger partial charge in [0.1, 0.15) is 11.6 Å². The Balaban J connectivity index is 1.70. The summed E-state index contributed by atoms with van der Waals surface area (Å²) in [5.41, 5.74) is 2.32. The number of hydrogen-bond donors (Lipinski definition) is 0. The van der Waals surface area contributed by atoms with E-state index in [2.05, 4.69) is 14.5 Å². The summed E-state index contributed by atoms with van der Waals surface area (Å²) in [6.07, 6.45) is 6.29. The third-order valence-electron chi connectivity index (χ3n) is 4.42. The second-order valence-corrected chi connectivity index (χ2v) is 7.67. The van der Waals surface area contributed by atoms with Crippen molar-refractivity contribution >= 4 is 28.6 Å². The second-order valence-electron chi connectivity index (χ2n) is 6.43. The lowest BCUT2D eigenvalue weighted by Crippen LogP contribution is -2.17. The van der Waals surface area contributed by atoms with E-state index >= 15 is 0 Å². The number of benzene rings is 2. The number of thiazole rings is 1. The highest BCUT2D eigenvalue weighted by Crippen LogP contribution is 2.23. The second kappa shape index (κ2) is 8.71. The molecule has 0 amide bonds. The Morgan fingerprint density at radius 2 is 1.90 bits per heavy atom. The van der Waals surface area contributed by atoms with E-state index in [4.69, 9.17) is 11.6 Å². The van der Waals surface area contributed by atoms with E-state index in [1.165, 1.54) is 35.6 Å². The molecule has 0 spiro atoms. The van der Waals surface area contributed by atoms with Gasteiger partial charge < -0.3 is 9.13 Å². The molecule has 2 aromatic carbocycles. The zero-order valence-electron chi connectivity index (χ0n) is 15.3. The Bertz CT molecular complexity index is 1160. The van der Waals surface area contributed by atoms with Gasteiger partial charge in [0, 0.05) is 36.9 Å². The van der Waals surface area contributed by atoms with Crippen LogP contribution in [0, 0.1) is 11.6 Å². The number of aromatic nitrogens is 3. The molecule has 2 aromatic heterocycles. The Morgan fingerprint density at radius 3 is 2.62 bits per heavy atom. The molecule has 0 saturated carbocycles. The number of halogens is 3. The molecule has 4 rings (SSSR count). The Kier molecular flexibility index (Phi) is 5.87. The minimum absolute atomic E-state index is 0.0651. The lowest BCUT2D eigenvalue weighted by molar-refractivity contribution is 0.559. The van der Waals surface area contributed by atoms with Crippen LogP contribution in [0.5, 0.6) is 0 Å². The van der Waals surface area contributed by atoms with Crippen LogP contribution in [0.25, 0.3) is 11.3 Å². The van der Waals surface area contributed by atoms with Crippen LogP contribution < -0.4 is 4.80 Å². The van der Waals surface area contributed by atoms with Crippen LogP contribution in [0.1, 0.15) is 6.42 Å². The number of hydrogen-bond acceptors (Lipinski definition) is 3. The fourth-order valence-electron chi connectivity index (χ4n) is 2.98. The predicted octanol–water partition coefficient (Wildman–Crippen LogP) is 5.67. The van der Waals surface area contributed by atoms with E-state index in [0.717, 1.165) is 29.0 Å². The lowest BCUT2D eigenvalue weighted by Gasteiger charge is -2.10. The van der Waals surface area contributed by atoms with Crippen molar-refractivity contribution in [3.8, 4) is 11.3 Å². The fraction of sp³-hybridized carbons (Fsp3) is 0.143. The zero-order valence-corrected chi connectivity index (χ0v) is 16.9. The number of nitrogens with zero attached hydrogens (tertiary/aromatic N) is 4. The van der Waals surface area contributed by atoms with Crippen LogP contribution in [0.15, 0.2) is 71.6 Å². The maximum atomic E-state index is 13.8. The third kappa shape index (κ3) is 4.63. The van der Waals surface area contributed by atoms with Crippen molar-refractivity contribution in [2.45, 2.75) is 19.5 Å². The predicted molar refractivity (Wildman–Crippen MR) is 111 cm³/mol. The van der Waals surface area contributed by atoms with Gasteiger partial charge in [0.05, 0.1) is 22.7 Å². The molecule has 0 aliphatic heterocycles. The maximum Gasteiger partial charge on any atom is 0.190 e. The molecule has 0 unspecified atom stereocenters. The normalized spacial score (nSPS) is 11.9. The van der Waals surface area contributed by atoms with Crippen LogP contribution in [0.2, 0.25) is 5.02 Å². The molecule has 0 fully saturated rings. The Hall–Kier alpha value is -2.77. The van der Waals surface area contributed by atoms with Gasteiger partial charge in [0.15, 0.2) is 4.80 Å². The van der Waals surface area contributed by atoms with Crippen LogP contribution in [0.3, 0.4) is 0 Å². The van der Waals surface area contributed by atoms with E-state index in [1.807, 2.05) is 16.1 Å². The van der Waals surface area contributed by atoms with Crippen molar-refractivity contribution in [3.63, 3.8) is 0 Å². The average Bonchev–Trinajstić information content (AvgIpc) is 3.36. The quantitative estimate of drug-likeness (QED) is 0.388. The SMILES string of the molecule is Fc1ccc(-c2csc(=Nc3ccc(Cl)c(F)c3)n2CCCn2ccnc2)cc1. The molecule has 0 radical (unpaired) electrons. The molecule has 8 heteroatoms. The van der Waals surface area contributed by atoms with E-state index in [0.29, 0.717) is 12.2 Å². The van der Waals surface area contributed by atoms with Crippen LogP contribution in [0.4, 0.5) is 14.5 Å². The Morgan fingerprint density at radius 1 is 1.07 bits per heavy atom. The molecule has 0 N–H and O–H groups in total. The van der Waals surface area contributed by atoms with Crippen LogP contribution >= 0.6 is 22.9 Å². The van der Waals surface area contributed by atoms with Crippen molar-refractivity contribution in [3.05, 3.63) is 88.0 Å². The summed E-state index contributed by atoms with van der Waals surface area (Å²) in [6.45, 7) is 1.50. The highest BCUT2D eigenvalue weighted by Gasteiger charge is 2.09.